The highest BCUT2D eigenvalue weighted by molar-refractivity contribution is 7.12. The Bertz CT molecular complexity index is 685. The van der Waals surface area contributed by atoms with Gasteiger partial charge < -0.3 is 25.2 Å². The smallest absolute Gasteiger partial charge is 0.0771 e. The molecule has 1 aromatic heterocycles. The maximum atomic E-state index is 10.4. The maximum Gasteiger partial charge on any atom is 0.0771 e. The van der Waals surface area contributed by atoms with Gasteiger partial charge in [0.25, 0.3) is 0 Å². The number of hydrogen-bond acceptors (Lipinski definition) is 6. The lowest BCUT2D eigenvalue weighted by Crippen LogP contribution is -2.20. The fourth-order valence-corrected chi connectivity index (χ4v) is 5.37. The lowest BCUT2D eigenvalue weighted by Gasteiger charge is -2.20. The molecule has 0 aliphatic heterocycles. The van der Waals surface area contributed by atoms with Crippen LogP contribution in [0.2, 0.25) is 5.02 Å². The molecule has 5 nitrogen and oxygen atoms in total. The second-order valence-electron chi connectivity index (χ2n) is 8.40. The van der Waals surface area contributed by atoms with Gasteiger partial charge in [-0.3, -0.25) is 0 Å². The van der Waals surface area contributed by atoms with Crippen molar-refractivity contribution in [1.29, 1.82) is 0 Å². The Morgan fingerprint density at radius 2 is 2.03 bits per heavy atom. The highest BCUT2D eigenvalue weighted by Gasteiger charge is 2.39. The molecule has 0 saturated heterocycles. The molecule has 0 unspecified atom stereocenters. The van der Waals surface area contributed by atoms with E-state index in [-0.39, 0.29) is 24.5 Å². The van der Waals surface area contributed by atoms with Crippen LogP contribution in [0.15, 0.2) is 30.4 Å². The van der Waals surface area contributed by atoms with Gasteiger partial charge in [0.1, 0.15) is 0 Å². The van der Waals surface area contributed by atoms with Gasteiger partial charge in [-0.2, -0.15) is 0 Å². The van der Waals surface area contributed by atoms with E-state index in [0.29, 0.717) is 19.3 Å². The van der Waals surface area contributed by atoms with Gasteiger partial charge in [0.2, 0.25) is 0 Å². The highest BCUT2D eigenvalue weighted by atomic mass is 35.5. The van der Waals surface area contributed by atoms with Gasteiger partial charge in [-0.05, 0) is 57.4 Å². The minimum absolute atomic E-state index is 0.0261. The van der Waals surface area contributed by atoms with Crippen molar-refractivity contribution in [3.05, 3.63) is 45.1 Å². The summed E-state index contributed by atoms with van der Waals surface area (Å²) in [4.78, 5) is 2.37. The number of ether oxygens (including phenoxy) is 1. The number of halogens is 1. The average Bonchev–Trinajstić information content (AvgIpc) is 3.21. The summed E-state index contributed by atoms with van der Waals surface area (Å²) >= 11 is 7.86. The Kier molecular flexibility index (Phi) is 11.8. The molecule has 0 amide bonds. The van der Waals surface area contributed by atoms with E-state index in [4.69, 9.17) is 21.4 Å². The number of aliphatic hydroxyl groups excluding tert-OH is 4. The van der Waals surface area contributed by atoms with Crippen molar-refractivity contribution in [3.8, 4) is 0 Å². The van der Waals surface area contributed by atoms with Crippen LogP contribution in [-0.2, 0) is 11.2 Å². The Labute approximate surface area is 195 Å². The van der Waals surface area contributed by atoms with Gasteiger partial charge in [-0.15, -0.1) is 11.3 Å². The maximum absolute atomic E-state index is 10.4. The standard InChI is InChI=1S/C24H37ClO5S/c1-16-22(25)13-19(31-16)11-9-18(30-2)10-12-21-20(23(28)14-24(21)29)8-6-4-3-5-7-17(27)15-26/h4,6,10,12-13,17-18,20-21,23-24,26-29H,3,5,7-9,11,14-15H2,1-2H3/t17-,18+,20-,21-,23+,24-/m1/s1. The van der Waals surface area contributed by atoms with E-state index in [0.717, 1.165) is 35.6 Å². The Hall–Kier alpha value is -0.730. The minimum atomic E-state index is -0.649. The lowest BCUT2D eigenvalue weighted by molar-refractivity contribution is 0.0868. The van der Waals surface area contributed by atoms with Crippen molar-refractivity contribution in [1.82, 2.24) is 0 Å². The molecule has 1 heterocycles. The molecular formula is C24H37ClO5S. The van der Waals surface area contributed by atoms with Crippen LogP contribution in [0.5, 0.6) is 0 Å². The second-order valence-corrected chi connectivity index (χ2v) is 10.1. The van der Waals surface area contributed by atoms with E-state index in [1.165, 1.54) is 4.88 Å². The largest absolute Gasteiger partial charge is 0.394 e. The van der Waals surface area contributed by atoms with Gasteiger partial charge in [-0.1, -0.05) is 35.9 Å². The third-order valence-electron chi connectivity index (χ3n) is 6.04. The quantitative estimate of drug-likeness (QED) is 0.257. The number of allylic oxidation sites excluding steroid dienone is 2. The molecule has 0 bridgehead atoms. The van der Waals surface area contributed by atoms with Crippen molar-refractivity contribution >= 4 is 22.9 Å². The molecule has 1 aliphatic carbocycles. The molecule has 1 saturated carbocycles. The van der Waals surface area contributed by atoms with E-state index >= 15 is 0 Å². The van der Waals surface area contributed by atoms with Crippen LogP contribution >= 0.6 is 22.9 Å². The molecule has 0 radical (unpaired) electrons. The number of hydrogen-bond donors (Lipinski definition) is 4. The van der Waals surface area contributed by atoms with Crippen molar-refractivity contribution in [3.63, 3.8) is 0 Å². The monoisotopic (exact) mass is 472 g/mol. The van der Waals surface area contributed by atoms with Crippen LogP contribution in [0.25, 0.3) is 0 Å². The highest BCUT2D eigenvalue weighted by Crippen LogP contribution is 2.36. The Morgan fingerprint density at radius 1 is 1.26 bits per heavy atom. The summed E-state index contributed by atoms with van der Waals surface area (Å²) < 4.78 is 5.61. The SMILES string of the molecule is CO[C@H](C=C[C@@H]1[C@@H](CC=CCCC[C@@H](O)CO)[C@@H](O)C[C@H]1O)CCc1cc(Cl)c(C)s1. The zero-order valence-corrected chi connectivity index (χ0v) is 20.1. The summed E-state index contributed by atoms with van der Waals surface area (Å²) in [6.45, 7) is 1.82. The molecule has 6 atom stereocenters. The third-order valence-corrected chi connectivity index (χ3v) is 7.66. The topological polar surface area (TPSA) is 90.2 Å². The molecule has 1 fully saturated rings. The summed E-state index contributed by atoms with van der Waals surface area (Å²) in [6.07, 6.45) is 11.3. The summed E-state index contributed by atoms with van der Waals surface area (Å²) in [7, 11) is 1.69. The zero-order chi connectivity index (χ0) is 22.8. The van der Waals surface area contributed by atoms with Gasteiger partial charge >= 0.3 is 0 Å². The van der Waals surface area contributed by atoms with E-state index in [9.17, 15) is 15.3 Å². The molecule has 4 N–H and O–H groups in total. The zero-order valence-electron chi connectivity index (χ0n) is 18.5. The summed E-state index contributed by atoms with van der Waals surface area (Å²) in [5.74, 6) is -0.131. The molecule has 176 valence electrons. The van der Waals surface area contributed by atoms with Gasteiger partial charge in [0.05, 0.1) is 36.0 Å². The van der Waals surface area contributed by atoms with E-state index in [1.807, 2.05) is 31.2 Å². The molecule has 0 spiro atoms. The summed E-state index contributed by atoms with van der Waals surface area (Å²) in [6, 6.07) is 2.02. The molecule has 31 heavy (non-hydrogen) atoms. The normalized spacial score (nSPS) is 26.3. The van der Waals surface area contributed by atoms with Gasteiger partial charge in [0, 0.05) is 29.2 Å². The first kappa shape index (κ1) is 26.5. The summed E-state index contributed by atoms with van der Waals surface area (Å²) in [5, 5.41) is 39.9. The van der Waals surface area contributed by atoms with E-state index < -0.39 is 18.3 Å². The number of aliphatic hydroxyl groups is 4. The van der Waals surface area contributed by atoms with Crippen molar-refractivity contribution in [2.75, 3.05) is 13.7 Å². The summed E-state index contributed by atoms with van der Waals surface area (Å²) in [5.41, 5.74) is 0. The van der Waals surface area contributed by atoms with Crippen LogP contribution in [-0.4, -0.2) is 58.6 Å². The van der Waals surface area contributed by atoms with Crippen LogP contribution in [0.4, 0.5) is 0 Å². The van der Waals surface area contributed by atoms with Crippen LogP contribution in [0.1, 0.15) is 48.3 Å². The lowest BCUT2D eigenvalue weighted by atomic mass is 9.89. The number of methoxy groups -OCH3 is 1. The first-order chi connectivity index (χ1) is 14.8. The molecule has 0 aromatic carbocycles. The number of aryl methyl sites for hydroxylation is 2. The second kappa shape index (κ2) is 13.7. The first-order valence-electron chi connectivity index (χ1n) is 11.1. The predicted molar refractivity (Wildman–Crippen MR) is 127 cm³/mol. The van der Waals surface area contributed by atoms with Crippen molar-refractivity contribution < 1.29 is 25.2 Å². The van der Waals surface area contributed by atoms with Crippen LogP contribution < -0.4 is 0 Å². The van der Waals surface area contributed by atoms with Crippen LogP contribution in [0.3, 0.4) is 0 Å². The average molecular weight is 473 g/mol. The molecule has 1 aliphatic rings. The number of thiophene rings is 1. The van der Waals surface area contributed by atoms with Crippen LogP contribution in [0, 0.1) is 18.8 Å². The van der Waals surface area contributed by atoms with Crippen molar-refractivity contribution in [2.24, 2.45) is 11.8 Å². The molecular weight excluding hydrogens is 436 g/mol. The predicted octanol–water partition coefficient (Wildman–Crippen LogP) is 4.04. The Balaban J connectivity index is 1.86. The number of rotatable bonds is 13. The fraction of sp³-hybridized carbons (Fsp3) is 0.667. The van der Waals surface area contributed by atoms with Gasteiger partial charge in [-0.25, -0.2) is 0 Å². The third kappa shape index (κ3) is 8.61. The Morgan fingerprint density at radius 3 is 2.68 bits per heavy atom. The van der Waals surface area contributed by atoms with Gasteiger partial charge in [0.15, 0.2) is 0 Å². The molecule has 1 aromatic rings. The minimum Gasteiger partial charge on any atom is -0.394 e. The number of unbranched alkanes of at least 4 members (excludes halogenated alkanes) is 1. The van der Waals surface area contributed by atoms with E-state index in [1.54, 1.807) is 18.4 Å². The van der Waals surface area contributed by atoms with E-state index in [2.05, 4.69) is 6.08 Å². The first-order valence-corrected chi connectivity index (χ1v) is 12.3. The van der Waals surface area contributed by atoms with Crippen molar-refractivity contribution in [2.45, 2.75) is 76.3 Å². The molecule has 2 rings (SSSR count). The molecule has 7 heteroatoms. The fourth-order valence-electron chi connectivity index (χ4n) is 4.11.